The molecule has 0 radical (unpaired) electrons. The molecular formula is C27H36N6O2S2. The van der Waals surface area contributed by atoms with Gasteiger partial charge in [-0.05, 0) is 80.1 Å². The average molecular weight is 541 g/mol. The summed E-state index contributed by atoms with van der Waals surface area (Å²) in [5.74, 6) is 0. The number of benzene rings is 1. The Hall–Kier alpha value is -2.92. The number of nitrogens with zero attached hydrogens (tertiary/aromatic N) is 3. The number of primary sulfonamides is 1. The summed E-state index contributed by atoms with van der Waals surface area (Å²) in [6, 6.07) is 18.3. The number of nitrogens with two attached hydrogens (primary N) is 1. The highest BCUT2D eigenvalue weighted by Crippen LogP contribution is 2.13. The lowest BCUT2D eigenvalue weighted by Crippen LogP contribution is -2.29. The lowest BCUT2D eigenvalue weighted by molar-refractivity contribution is 0.244. The second kappa shape index (κ2) is 15.4. The molecule has 37 heavy (non-hydrogen) atoms. The summed E-state index contributed by atoms with van der Waals surface area (Å²) in [7, 11) is -3.69. The van der Waals surface area contributed by atoms with E-state index in [4.69, 9.17) is 17.4 Å². The number of anilines is 1. The Morgan fingerprint density at radius 2 is 1.38 bits per heavy atom. The summed E-state index contributed by atoms with van der Waals surface area (Å²) in [5, 5.41) is 11.9. The highest BCUT2D eigenvalue weighted by Gasteiger charge is 2.09. The number of thiocarbonyl (C=S) groups is 1. The topological polar surface area (TPSA) is 113 Å². The van der Waals surface area contributed by atoms with Crippen LogP contribution in [0.4, 0.5) is 5.69 Å². The molecular weight excluding hydrogens is 504 g/mol. The number of pyridine rings is 2. The fourth-order valence-electron chi connectivity index (χ4n) is 3.93. The zero-order valence-electron chi connectivity index (χ0n) is 21.1. The minimum absolute atomic E-state index is 0.0750. The first-order chi connectivity index (χ1) is 17.9. The van der Waals surface area contributed by atoms with Crippen molar-refractivity contribution >= 4 is 33.0 Å². The molecule has 2 heterocycles. The van der Waals surface area contributed by atoms with Crippen molar-refractivity contribution in [1.29, 1.82) is 0 Å². The first kappa shape index (κ1) is 28.6. The van der Waals surface area contributed by atoms with Crippen LogP contribution in [0.2, 0.25) is 0 Å². The summed E-state index contributed by atoms with van der Waals surface area (Å²) in [4.78, 5) is 11.5. The first-order valence-electron chi connectivity index (χ1n) is 12.6. The molecule has 198 valence electrons. The highest BCUT2D eigenvalue weighted by atomic mass is 32.2. The van der Waals surface area contributed by atoms with Gasteiger partial charge >= 0.3 is 0 Å². The van der Waals surface area contributed by atoms with Crippen LogP contribution in [-0.2, 0) is 23.1 Å². The van der Waals surface area contributed by atoms with Crippen LogP contribution in [0.15, 0.2) is 78.0 Å². The molecule has 0 spiro atoms. The molecule has 10 heteroatoms. The van der Waals surface area contributed by atoms with E-state index >= 15 is 0 Å². The van der Waals surface area contributed by atoms with Gasteiger partial charge in [0.1, 0.15) is 0 Å². The Kier molecular flexibility index (Phi) is 11.9. The van der Waals surface area contributed by atoms with E-state index in [0.29, 0.717) is 10.8 Å². The molecule has 0 saturated carbocycles. The van der Waals surface area contributed by atoms with Crippen LogP contribution in [0.5, 0.6) is 0 Å². The van der Waals surface area contributed by atoms with Crippen molar-refractivity contribution in [2.24, 2.45) is 5.14 Å². The smallest absolute Gasteiger partial charge is 0.238 e. The first-order valence-corrected chi connectivity index (χ1v) is 14.6. The summed E-state index contributed by atoms with van der Waals surface area (Å²) < 4.78 is 22.7. The lowest BCUT2D eigenvalue weighted by Gasteiger charge is -2.21. The Morgan fingerprint density at radius 3 is 1.92 bits per heavy atom. The molecule has 3 aromatic rings. The maximum atomic E-state index is 11.3. The summed E-state index contributed by atoms with van der Waals surface area (Å²) in [6.45, 7) is 3.47. The van der Waals surface area contributed by atoms with Gasteiger partial charge < -0.3 is 10.6 Å². The molecule has 0 aliphatic carbocycles. The van der Waals surface area contributed by atoms with E-state index in [9.17, 15) is 8.42 Å². The summed E-state index contributed by atoms with van der Waals surface area (Å²) in [6.07, 6.45) is 10.6. The monoisotopic (exact) mass is 540 g/mol. The van der Waals surface area contributed by atoms with Crippen molar-refractivity contribution in [1.82, 2.24) is 20.2 Å². The third-order valence-electron chi connectivity index (χ3n) is 5.85. The Balaban J connectivity index is 1.27. The molecule has 0 unspecified atom stereocenters. The summed E-state index contributed by atoms with van der Waals surface area (Å²) in [5.41, 5.74) is 2.88. The maximum Gasteiger partial charge on any atom is 0.238 e. The van der Waals surface area contributed by atoms with Crippen LogP contribution in [0.1, 0.15) is 49.9 Å². The van der Waals surface area contributed by atoms with Crippen molar-refractivity contribution in [3.8, 4) is 0 Å². The molecule has 0 aliphatic heterocycles. The number of sulfonamides is 1. The molecule has 0 atom stereocenters. The van der Waals surface area contributed by atoms with Gasteiger partial charge in [0, 0.05) is 37.7 Å². The molecule has 8 nitrogen and oxygen atoms in total. The van der Waals surface area contributed by atoms with E-state index in [1.807, 2.05) is 36.7 Å². The van der Waals surface area contributed by atoms with Gasteiger partial charge in [-0.2, -0.15) is 0 Å². The van der Waals surface area contributed by atoms with Gasteiger partial charge in [0.05, 0.1) is 16.3 Å². The molecule has 2 aromatic heterocycles. The Bertz CT molecular complexity index is 1140. The van der Waals surface area contributed by atoms with E-state index in [2.05, 4.69) is 37.6 Å². The second-order valence-corrected chi connectivity index (χ2v) is 10.9. The van der Waals surface area contributed by atoms with Crippen molar-refractivity contribution in [2.75, 3.05) is 18.4 Å². The van der Waals surface area contributed by atoms with E-state index in [1.54, 1.807) is 12.1 Å². The van der Waals surface area contributed by atoms with Gasteiger partial charge in [0.15, 0.2) is 5.11 Å². The average Bonchev–Trinajstić information content (AvgIpc) is 2.88. The van der Waals surface area contributed by atoms with Crippen LogP contribution < -0.4 is 15.8 Å². The largest absolute Gasteiger partial charge is 0.362 e. The number of unbranched alkanes of at least 4 members (excludes halogenated alkanes) is 5. The zero-order chi connectivity index (χ0) is 26.3. The van der Waals surface area contributed by atoms with Crippen LogP contribution in [-0.4, -0.2) is 41.5 Å². The zero-order valence-corrected chi connectivity index (χ0v) is 22.7. The van der Waals surface area contributed by atoms with Crippen molar-refractivity contribution < 1.29 is 8.42 Å². The molecule has 0 saturated heterocycles. The second-order valence-electron chi connectivity index (χ2n) is 8.92. The third-order valence-corrected chi connectivity index (χ3v) is 7.03. The molecule has 0 aliphatic rings. The van der Waals surface area contributed by atoms with E-state index in [1.165, 1.54) is 31.4 Å². The quantitative estimate of drug-likeness (QED) is 0.191. The molecule has 0 amide bonds. The molecule has 3 rings (SSSR count). The van der Waals surface area contributed by atoms with Crippen LogP contribution in [0.25, 0.3) is 0 Å². The van der Waals surface area contributed by atoms with Crippen LogP contribution >= 0.6 is 12.2 Å². The van der Waals surface area contributed by atoms with E-state index in [-0.39, 0.29) is 4.90 Å². The highest BCUT2D eigenvalue weighted by molar-refractivity contribution is 7.89. The summed E-state index contributed by atoms with van der Waals surface area (Å²) >= 11 is 5.32. The standard InChI is InChI=1S/C27H36N6O2S2/c28-37(34,35)26-15-13-23(14-16-26)32-27(36)31-19-7-3-1-2-4-10-20-33(21-24-11-5-8-17-29-24)22-25-12-6-9-18-30-25/h5-6,8-9,11-18H,1-4,7,10,19-22H2,(H2,28,34,35)(H2,31,32,36). The molecule has 4 N–H and O–H groups in total. The number of hydrogen-bond donors (Lipinski definition) is 3. The van der Waals surface area contributed by atoms with Gasteiger partial charge in [-0.1, -0.05) is 37.8 Å². The van der Waals surface area contributed by atoms with Gasteiger partial charge in [-0.15, -0.1) is 0 Å². The SMILES string of the molecule is NS(=O)(=O)c1ccc(NC(=S)NCCCCCCCCN(Cc2ccccn2)Cc2ccccn2)cc1. The van der Waals surface area contributed by atoms with Crippen molar-refractivity contribution in [2.45, 2.75) is 56.5 Å². The third kappa shape index (κ3) is 11.3. The Morgan fingerprint density at radius 1 is 0.811 bits per heavy atom. The molecule has 0 bridgehead atoms. The fourth-order valence-corrected chi connectivity index (χ4v) is 4.66. The number of hydrogen-bond acceptors (Lipinski definition) is 6. The fraction of sp³-hybridized carbons (Fsp3) is 0.370. The molecule has 1 aromatic carbocycles. The van der Waals surface area contributed by atoms with Crippen molar-refractivity contribution in [3.63, 3.8) is 0 Å². The number of nitrogens with one attached hydrogen (secondary N) is 2. The minimum atomic E-state index is -3.69. The lowest BCUT2D eigenvalue weighted by atomic mass is 10.1. The van der Waals surface area contributed by atoms with E-state index < -0.39 is 10.0 Å². The number of aromatic nitrogens is 2. The van der Waals surface area contributed by atoms with Crippen LogP contribution in [0, 0.1) is 0 Å². The van der Waals surface area contributed by atoms with Gasteiger partial charge in [-0.3, -0.25) is 14.9 Å². The van der Waals surface area contributed by atoms with Crippen LogP contribution in [0.3, 0.4) is 0 Å². The molecule has 0 fully saturated rings. The predicted molar refractivity (Wildman–Crippen MR) is 152 cm³/mol. The normalized spacial score (nSPS) is 11.4. The Labute approximate surface area is 225 Å². The number of rotatable bonds is 15. The predicted octanol–water partition coefficient (Wildman–Crippen LogP) is 4.45. The minimum Gasteiger partial charge on any atom is -0.362 e. The van der Waals surface area contributed by atoms with Crippen molar-refractivity contribution in [3.05, 3.63) is 84.4 Å². The van der Waals surface area contributed by atoms with Gasteiger partial charge in [0.2, 0.25) is 10.0 Å². The maximum absolute atomic E-state index is 11.3. The van der Waals surface area contributed by atoms with Gasteiger partial charge in [-0.25, -0.2) is 13.6 Å². The van der Waals surface area contributed by atoms with Gasteiger partial charge in [0.25, 0.3) is 0 Å². The van der Waals surface area contributed by atoms with E-state index in [0.717, 1.165) is 56.8 Å².